The second-order valence-electron chi connectivity index (χ2n) is 4.41. The summed E-state index contributed by atoms with van der Waals surface area (Å²) in [7, 11) is 0. The van der Waals surface area contributed by atoms with Crippen LogP contribution in [0.1, 0.15) is 21.5 Å². The Morgan fingerprint density at radius 3 is 1.95 bits per heavy atom. The first kappa shape index (κ1) is 15.6. The van der Waals surface area contributed by atoms with Crippen molar-refractivity contribution in [3.8, 4) is 0 Å². The summed E-state index contributed by atoms with van der Waals surface area (Å²) >= 11 is 5.35. The Balaban J connectivity index is 2.80. The van der Waals surface area contributed by atoms with Crippen LogP contribution in [-0.2, 0) is 5.66 Å². The number of halogens is 1. The third-order valence-electron chi connectivity index (χ3n) is 3.20. The van der Waals surface area contributed by atoms with E-state index >= 15 is 0 Å². The Kier molecular flexibility index (Phi) is 4.18. The molecule has 0 fully saturated rings. The van der Waals surface area contributed by atoms with Crippen LogP contribution in [0.5, 0.6) is 0 Å². The zero-order valence-electron chi connectivity index (χ0n) is 11.0. The molecule has 0 amide bonds. The Morgan fingerprint density at radius 2 is 1.45 bits per heavy atom. The molecule has 112 valence electrons. The predicted molar refractivity (Wildman–Crippen MR) is 77.8 cm³/mol. The fourth-order valence-electron chi connectivity index (χ4n) is 2.18. The lowest BCUT2D eigenvalue weighted by Crippen LogP contribution is -2.44. The molecule has 8 heteroatoms. The van der Waals surface area contributed by atoms with E-state index in [2.05, 4.69) is 0 Å². The fourth-order valence-corrected chi connectivity index (χ4v) is 2.30. The number of hydrogen-bond donors (Lipinski definition) is 0. The third kappa shape index (κ3) is 2.42. The zero-order chi connectivity index (χ0) is 16.3. The molecule has 0 bridgehead atoms. The molecule has 0 saturated carbocycles. The van der Waals surface area contributed by atoms with Crippen LogP contribution in [0.3, 0.4) is 0 Å². The summed E-state index contributed by atoms with van der Waals surface area (Å²) in [5.74, 6) is 0. The molecule has 0 aliphatic rings. The van der Waals surface area contributed by atoms with Crippen molar-refractivity contribution >= 4 is 16.8 Å². The van der Waals surface area contributed by atoms with Crippen LogP contribution in [0, 0.1) is 20.2 Å². The summed E-state index contributed by atoms with van der Waals surface area (Å²) in [5, 5.41) is 22.3. The first-order valence-electron chi connectivity index (χ1n) is 6.05. The maximum absolute atomic E-state index is 11.6. The number of rotatable bonds is 5. The van der Waals surface area contributed by atoms with Gasteiger partial charge in [0.15, 0.2) is 0 Å². The lowest BCUT2D eigenvalue weighted by Gasteiger charge is -2.18. The minimum Gasteiger partial charge on any atom is -0.276 e. The van der Waals surface area contributed by atoms with Gasteiger partial charge in [-0.15, -0.1) is 0 Å². The monoisotopic (exact) mass is 320 g/mol. The third-order valence-corrected chi connectivity index (χ3v) is 3.42. The number of carbonyl (C=O) groups excluding carboxylic acids is 1. The first-order valence-corrected chi connectivity index (χ1v) is 6.43. The van der Waals surface area contributed by atoms with Crippen LogP contribution in [0.2, 0.25) is 0 Å². The van der Waals surface area contributed by atoms with Gasteiger partial charge in [0.05, 0.1) is 0 Å². The van der Waals surface area contributed by atoms with Gasteiger partial charge in [0.2, 0.25) is 0 Å². The van der Waals surface area contributed by atoms with Crippen molar-refractivity contribution in [2.75, 3.05) is 0 Å². The molecule has 2 aromatic carbocycles. The SMILES string of the molecule is O=C(Cl)c1cccc(C(c2ccccc2)([N+](=O)[O-])[N+](=O)[O-])c1. The van der Waals surface area contributed by atoms with Gasteiger partial charge in [0.25, 0.3) is 5.24 Å². The van der Waals surface area contributed by atoms with Crippen LogP contribution in [0.25, 0.3) is 0 Å². The van der Waals surface area contributed by atoms with E-state index in [9.17, 15) is 25.0 Å². The lowest BCUT2D eigenvalue weighted by molar-refractivity contribution is -0.796. The van der Waals surface area contributed by atoms with Gasteiger partial charge in [0, 0.05) is 5.56 Å². The van der Waals surface area contributed by atoms with Gasteiger partial charge in [-0.1, -0.05) is 30.3 Å². The zero-order valence-corrected chi connectivity index (χ0v) is 11.8. The van der Waals surface area contributed by atoms with Crippen molar-refractivity contribution in [2.45, 2.75) is 5.66 Å². The van der Waals surface area contributed by atoms with Gasteiger partial charge in [0.1, 0.15) is 21.0 Å². The summed E-state index contributed by atoms with van der Waals surface area (Å²) in [4.78, 5) is 32.4. The lowest BCUT2D eigenvalue weighted by atomic mass is 9.91. The minimum absolute atomic E-state index is 0.0526. The van der Waals surface area contributed by atoms with Gasteiger partial charge >= 0.3 is 5.66 Å². The van der Waals surface area contributed by atoms with Crippen molar-refractivity contribution in [3.63, 3.8) is 0 Å². The van der Waals surface area contributed by atoms with Crippen LogP contribution < -0.4 is 0 Å². The summed E-state index contributed by atoms with van der Waals surface area (Å²) < 4.78 is 0. The highest BCUT2D eigenvalue weighted by atomic mass is 35.5. The maximum Gasteiger partial charge on any atom is 0.510 e. The Labute approximate surface area is 129 Å². The van der Waals surface area contributed by atoms with Crippen LogP contribution in [-0.4, -0.2) is 15.1 Å². The van der Waals surface area contributed by atoms with Gasteiger partial charge in [-0.05, 0) is 35.9 Å². The van der Waals surface area contributed by atoms with E-state index in [-0.39, 0.29) is 16.7 Å². The molecule has 0 heterocycles. The number of benzene rings is 2. The Bertz CT molecular complexity index is 734. The predicted octanol–water partition coefficient (Wildman–Crippen LogP) is 2.82. The molecule has 0 spiro atoms. The van der Waals surface area contributed by atoms with Gasteiger partial charge < -0.3 is 0 Å². The highest BCUT2D eigenvalue weighted by Gasteiger charge is 2.60. The largest absolute Gasteiger partial charge is 0.510 e. The first-order chi connectivity index (χ1) is 10.4. The van der Waals surface area contributed by atoms with Crippen LogP contribution in [0.4, 0.5) is 0 Å². The maximum atomic E-state index is 11.6. The van der Waals surface area contributed by atoms with E-state index in [1.165, 1.54) is 42.5 Å². The minimum atomic E-state index is -2.70. The smallest absolute Gasteiger partial charge is 0.276 e. The molecule has 0 aromatic heterocycles. The molecule has 0 N–H and O–H groups in total. The van der Waals surface area contributed by atoms with Crippen molar-refractivity contribution < 1.29 is 14.6 Å². The Hall–Kier alpha value is -2.80. The number of carbonyl (C=O) groups is 1. The number of nitrogens with zero attached hydrogens (tertiary/aromatic N) is 2. The average molecular weight is 321 g/mol. The van der Waals surface area contributed by atoms with E-state index < -0.39 is 20.8 Å². The molecule has 0 atom stereocenters. The summed E-state index contributed by atoms with van der Waals surface area (Å²) in [6.07, 6.45) is 0. The molecular formula is C14H9ClN2O5. The molecular weight excluding hydrogens is 312 g/mol. The van der Waals surface area contributed by atoms with Gasteiger partial charge in [-0.2, -0.15) is 0 Å². The summed E-state index contributed by atoms with van der Waals surface area (Å²) in [6, 6.07) is 12.0. The standard InChI is InChI=1S/C14H9ClN2O5/c15-13(18)10-5-4-8-12(9-10)14(16(19)20,17(21)22)11-6-2-1-3-7-11/h1-9H. The van der Waals surface area contributed by atoms with Gasteiger partial charge in [-0.25, -0.2) is 0 Å². The molecule has 0 saturated heterocycles. The van der Waals surface area contributed by atoms with E-state index in [1.54, 1.807) is 6.07 Å². The average Bonchev–Trinajstić information content (AvgIpc) is 2.48. The normalized spacial score (nSPS) is 11.0. The van der Waals surface area contributed by atoms with E-state index in [4.69, 9.17) is 11.6 Å². The molecule has 0 radical (unpaired) electrons. The highest BCUT2D eigenvalue weighted by Crippen LogP contribution is 2.34. The quantitative estimate of drug-likeness (QED) is 0.364. The molecule has 0 unspecified atom stereocenters. The summed E-state index contributed by atoms with van der Waals surface area (Å²) in [5.41, 5.74) is -3.13. The van der Waals surface area contributed by atoms with Crippen molar-refractivity contribution in [2.24, 2.45) is 0 Å². The summed E-state index contributed by atoms with van der Waals surface area (Å²) in [6.45, 7) is 0. The number of hydrogen-bond acceptors (Lipinski definition) is 5. The molecule has 0 aliphatic heterocycles. The molecule has 7 nitrogen and oxygen atoms in total. The second-order valence-corrected chi connectivity index (χ2v) is 4.75. The van der Waals surface area contributed by atoms with Gasteiger partial charge in [-0.3, -0.25) is 25.0 Å². The molecule has 2 rings (SSSR count). The topological polar surface area (TPSA) is 103 Å². The van der Waals surface area contributed by atoms with Crippen molar-refractivity contribution in [1.29, 1.82) is 0 Å². The number of nitro groups is 2. The van der Waals surface area contributed by atoms with E-state index in [0.717, 1.165) is 6.07 Å². The van der Waals surface area contributed by atoms with Crippen LogP contribution in [0.15, 0.2) is 54.6 Å². The van der Waals surface area contributed by atoms with Crippen molar-refractivity contribution in [1.82, 2.24) is 0 Å². The molecule has 2 aromatic rings. The second kappa shape index (κ2) is 5.90. The van der Waals surface area contributed by atoms with Crippen LogP contribution >= 0.6 is 11.6 Å². The highest BCUT2D eigenvalue weighted by molar-refractivity contribution is 6.67. The molecule has 0 aliphatic carbocycles. The van der Waals surface area contributed by atoms with E-state index in [0.29, 0.717) is 0 Å². The Morgan fingerprint density at radius 1 is 0.909 bits per heavy atom. The van der Waals surface area contributed by atoms with E-state index in [1.807, 2.05) is 0 Å². The van der Waals surface area contributed by atoms with Crippen molar-refractivity contribution in [3.05, 3.63) is 91.5 Å². The fraction of sp³-hybridized carbons (Fsp3) is 0.0714. The molecule has 22 heavy (non-hydrogen) atoms.